The van der Waals surface area contributed by atoms with E-state index in [2.05, 4.69) is 22.9 Å². The van der Waals surface area contributed by atoms with Crippen LogP contribution in [0.4, 0.5) is 0 Å². The monoisotopic (exact) mass is 135 g/mol. The average molecular weight is 135 g/mol. The lowest BCUT2D eigenvalue weighted by Gasteiger charge is -2.01. The van der Waals surface area contributed by atoms with E-state index in [0.29, 0.717) is 0 Å². The van der Waals surface area contributed by atoms with Crippen molar-refractivity contribution in [2.75, 3.05) is 0 Å². The Kier molecular flexibility index (Phi) is 1.50. The predicted molar refractivity (Wildman–Crippen MR) is 42.0 cm³/mol. The molecule has 0 fully saturated rings. The second-order valence-corrected chi connectivity index (χ2v) is 3.00. The van der Waals surface area contributed by atoms with Gasteiger partial charge in [0.15, 0.2) is 0 Å². The molecule has 1 aliphatic rings. The van der Waals surface area contributed by atoms with Crippen molar-refractivity contribution in [2.24, 2.45) is 0 Å². The van der Waals surface area contributed by atoms with E-state index < -0.39 is 0 Å². The highest BCUT2D eigenvalue weighted by Gasteiger charge is 2.04. The number of aromatic nitrogens is 1. The summed E-state index contributed by atoms with van der Waals surface area (Å²) < 4.78 is 2.38. The largest absolute Gasteiger partial charge is 0.351 e. The molecule has 0 unspecified atom stereocenters. The maximum Gasteiger partial charge on any atom is 0.0222 e. The van der Waals surface area contributed by atoms with Gasteiger partial charge >= 0.3 is 0 Å². The van der Waals surface area contributed by atoms with Gasteiger partial charge in [0.2, 0.25) is 0 Å². The molecule has 0 aromatic carbocycles. The number of aryl methyl sites for hydroxylation is 2. The summed E-state index contributed by atoms with van der Waals surface area (Å²) in [7, 11) is 0. The van der Waals surface area contributed by atoms with Crippen LogP contribution in [-0.2, 0) is 13.0 Å². The minimum absolute atomic E-state index is 1.24. The molecule has 0 N–H and O–H groups in total. The minimum atomic E-state index is 1.24. The molecule has 1 aliphatic heterocycles. The molecule has 10 heavy (non-hydrogen) atoms. The third-order valence-corrected chi connectivity index (χ3v) is 2.26. The first-order valence-corrected chi connectivity index (χ1v) is 4.11. The maximum atomic E-state index is 2.38. The summed E-state index contributed by atoms with van der Waals surface area (Å²) in [6.07, 6.45) is 7.63. The van der Waals surface area contributed by atoms with Crippen LogP contribution in [0.15, 0.2) is 18.3 Å². The number of hydrogen-bond donors (Lipinski definition) is 0. The van der Waals surface area contributed by atoms with Crippen LogP contribution in [0.25, 0.3) is 0 Å². The zero-order valence-electron chi connectivity index (χ0n) is 6.21. The Balaban J connectivity index is 2.28. The van der Waals surface area contributed by atoms with Gasteiger partial charge in [-0.1, -0.05) is 6.42 Å². The van der Waals surface area contributed by atoms with Crippen LogP contribution in [0.1, 0.15) is 25.0 Å². The molecule has 0 radical (unpaired) electrons. The molecular weight excluding hydrogens is 122 g/mol. The molecule has 1 aromatic heterocycles. The fraction of sp³-hybridized carbons (Fsp3) is 0.556. The summed E-state index contributed by atoms with van der Waals surface area (Å²) >= 11 is 0. The van der Waals surface area contributed by atoms with Crippen molar-refractivity contribution in [3.8, 4) is 0 Å². The van der Waals surface area contributed by atoms with Gasteiger partial charge in [-0.05, 0) is 31.4 Å². The van der Waals surface area contributed by atoms with Crippen LogP contribution >= 0.6 is 0 Å². The van der Waals surface area contributed by atoms with Crippen LogP contribution < -0.4 is 0 Å². The Morgan fingerprint density at radius 1 is 1.20 bits per heavy atom. The van der Waals surface area contributed by atoms with E-state index in [-0.39, 0.29) is 0 Å². The molecule has 0 spiro atoms. The van der Waals surface area contributed by atoms with E-state index in [4.69, 9.17) is 0 Å². The van der Waals surface area contributed by atoms with E-state index in [9.17, 15) is 0 Å². The summed E-state index contributed by atoms with van der Waals surface area (Å²) in [6.45, 7) is 1.24. The fourth-order valence-corrected chi connectivity index (χ4v) is 1.66. The van der Waals surface area contributed by atoms with Crippen LogP contribution in [0.3, 0.4) is 0 Å². The average Bonchev–Trinajstić information content (AvgIpc) is 2.28. The van der Waals surface area contributed by atoms with Gasteiger partial charge in [0.1, 0.15) is 0 Å². The highest BCUT2D eigenvalue weighted by Crippen LogP contribution is 2.13. The highest BCUT2D eigenvalue weighted by atomic mass is 15.0. The zero-order valence-corrected chi connectivity index (χ0v) is 6.21. The van der Waals surface area contributed by atoms with Crippen molar-refractivity contribution in [1.82, 2.24) is 4.57 Å². The Morgan fingerprint density at radius 3 is 3.20 bits per heavy atom. The van der Waals surface area contributed by atoms with E-state index >= 15 is 0 Å². The van der Waals surface area contributed by atoms with E-state index in [0.717, 1.165) is 0 Å². The van der Waals surface area contributed by atoms with Crippen molar-refractivity contribution in [2.45, 2.75) is 32.2 Å². The van der Waals surface area contributed by atoms with Gasteiger partial charge in [0.05, 0.1) is 0 Å². The summed E-state index contributed by atoms with van der Waals surface area (Å²) in [5.41, 5.74) is 1.53. The number of fused-ring (bicyclic) bond motifs is 1. The van der Waals surface area contributed by atoms with E-state index in [1.54, 1.807) is 0 Å². The van der Waals surface area contributed by atoms with Crippen LogP contribution in [0.5, 0.6) is 0 Å². The van der Waals surface area contributed by atoms with Crippen LogP contribution in [0, 0.1) is 0 Å². The minimum Gasteiger partial charge on any atom is -0.351 e. The SMILES string of the molecule is c1cc2n(c1)CCCCC2. The fourth-order valence-electron chi connectivity index (χ4n) is 1.66. The molecule has 0 saturated carbocycles. The standard InChI is InChI=1S/C9H13N/c1-2-5-9-6-4-8-10(9)7-3-1/h4,6,8H,1-3,5,7H2. The Bertz CT molecular complexity index is 192. The lowest BCUT2D eigenvalue weighted by molar-refractivity contribution is 0.636. The third kappa shape index (κ3) is 0.962. The maximum absolute atomic E-state index is 2.38. The van der Waals surface area contributed by atoms with Gasteiger partial charge in [0, 0.05) is 18.4 Å². The lowest BCUT2D eigenvalue weighted by atomic mass is 10.2. The zero-order chi connectivity index (χ0) is 6.81. The highest BCUT2D eigenvalue weighted by molar-refractivity contribution is 5.07. The number of nitrogens with zero attached hydrogens (tertiary/aromatic N) is 1. The van der Waals surface area contributed by atoms with Gasteiger partial charge < -0.3 is 4.57 Å². The Morgan fingerprint density at radius 2 is 2.20 bits per heavy atom. The predicted octanol–water partition coefficient (Wildman–Crippen LogP) is 2.21. The molecule has 0 bridgehead atoms. The third-order valence-electron chi connectivity index (χ3n) is 2.26. The number of hydrogen-bond acceptors (Lipinski definition) is 0. The molecule has 1 nitrogen and oxygen atoms in total. The van der Waals surface area contributed by atoms with Crippen molar-refractivity contribution in [3.05, 3.63) is 24.0 Å². The summed E-state index contributed by atoms with van der Waals surface area (Å²) in [4.78, 5) is 0. The molecule has 1 heteroatoms. The summed E-state index contributed by atoms with van der Waals surface area (Å²) in [5.74, 6) is 0. The molecule has 2 heterocycles. The smallest absolute Gasteiger partial charge is 0.0222 e. The first-order chi connectivity index (χ1) is 4.97. The molecular formula is C9H13N. The first kappa shape index (κ1) is 6.02. The van der Waals surface area contributed by atoms with Crippen LogP contribution in [-0.4, -0.2) is 4.57 Å². The summed E-state index contributed by atoms with van der Waals surface area (Å²) in [6, 6.07) is 4.39. The van der Waals surface area contributed by atoms with Gasteiger partial charge in [-0.25, -0.2) is 0 Å². The topological polar surface area (TPSA) is 4.93 Å². The van der Waals surface area contributed by atoms with Crippen molar-refractivity contribution in [3.63, 3.8) is 0 Å². The first-order valence-electron chi connectivity index (χ1n) is 4.11. The number of rotatable bonds is 0. The van der Waals surface area contributed by atoms with Crippen molar-refractivity contribution >= 4 is 0 Å². The molecule has 54 valence electrons. The van der Waals surface area contributed by atoms with Gasteiger partial charge in [-0.2, -0.15) is 0 Å². The van der Waals surface area contributed by atoms with Gasteiger partial charge in [-0.15, -0.1) is 0 Å². The van der Waals surface area contributed by atoms with Gasteiger partial charge in [0.25, 0.3) is 0 Å². The molecule has 0 amide bonds. The molecule has 2 rings (SSSR count). The van der Waals surface area contributed by atoms with E-state index in [1.807, 2.05) is 0 Å². The van der Waals surface area contributed by atoms with Crippen molar-refractivity contribution in [1.29, 1.82) is 0 Å². The van der Waals surface area contributed by atoms with Crippen molar-refractivity contribution < 1.29 is 0 Å². The lowest BCUT2D eigenvalue weighted by Crippen LogP contribution is -1.96. The van der Waals surface area contributed by atoms with E-state index in [1.165, 1.54) is 37.9 Å². The Hall–Kier alpha value is -0.720. The quantitative estimate of drug-likeness (QED) is 0.514. The Labute approximate surface area is 61.7 Å². The van der Waals surface area contributed by atoms with Crippen LogP contribution in [0.2, 0.25) is 0 Å². The molecule has 0 aliphatic carbocycles. The second kappa shape index (κ2) is 2.49. The second-order valence-electron chi connectivity index (χ2n) is 3.00. The molecule has 0 atom stereocenters. The molecule has 0 saturated heterocycles. The van der Waals surface area contributed by atoms with Gasteiger partial charge in [-0.3, -0.25) is 0 Å². The normalized spacial score (nSPS) is 18.0. The summed E-state index contributed by atoms with van der Waals surface area (Å²) in [5, 5.41) is 0. The molecule has 1 aromatic rings.